The maximum Gasteiger partial charge on any atom is 0.213 e. The molecular weight excluding hydrogens is 240 g/mol. The molecule has 1 N–H and O–H groups in total. The van der Waals surface area contributed by atoms with Gasteiger partial charge in [0, 0.05) is 18.2 Å². The van der Waals surface area contributed by atoms with Gasteiger partial charge in [-0.05, 0) is 39.0 Å². The van der Waals surface area contributed by atoms with E-state index in [1.165, 1.54) is 0 Å². The summed E-state index contributed by atoms with van der Waals surface area (Å²) in [6.45, 7) is 7.51. The lowest BCUT2D eigenvalue weighted by Gasteiger charge is -2.20. The molecule has 2 heterocycles. The summed E-state index contributed by atoms with van der Waals surface area (Å²) < 4.78 is 10.8. The molecule has 102 valence electrons. The largest absolute Gasteiger partial charge is 0.469 e. The number of ether oxygens (including phenoxy) is 1. The molecule has 4 heteroatoms. The highest BCUT2D eigenvalue weighted by Crippen LogP contribution is 2.11. The van der Waals surface area contributed by atoms with E-state index in [4.69, 9.17) is 9.15 Å². The maximum atomic E-state index is 5.59. The third-order valence-electron chi connectivity index (χ3n) is 2.52. The van der Waals surface area contributed by atoms with Crippen molar-refractivity contribution >= 4 is 0 Å². The summed E-state index contributed by atoms with van der Waals surface area (Å²) in [7, 11) is 0. The lowest BCUT2D eigenvalue weighted by atomic mass is 10.1. The van der Waals surface area contributed by atoms with E-state index in [1.54, 1.807) is 6.26 Å². The predicted octanol–water partition coefficient (Wildman–Crippen LogP) is 3.14. The summed E-state index contributed by atoms with van der Waals surface area (Å²) in [4.78, 5) is 4.45. The fourth-order valence-electron chi connectivity index (χ4n) is 1.53. The molecular formula is C15H20N2O2. The average molecular weight is 260 g/mol. The van der Waals surface area contributed by atoms with Crippen LogP contribution in [0.3, 0.4) is 0 Å². The molecule has 0 fully saturated rings. The Labute approximate surface area is 113 Å². The lowest BCUT2D eigenvalue weighted by Crippen LogP contribution is -2.35. The van der Waals surface area contributed by atoms with Crippen molar-refractivity contribution in [1.82, 2.24) is 10.3 Å². The SMILES string of the molecule is CC(C)(C)NCc1cccc(OCc2ccco2)n1. The summed E-state index contributed by atoms with van der Waals surface area (Å²) in [6, 6.07) is 9.51. The molecule has 0 saturated carbocycles. The Hall–Kier alpha value is -1.81. The molecule has 2 aromatic heterocycles. The normalized spacial score (nSPS) is 11.5. The Kier molecular flexibility index (Phi) is 4.22. The molecule has 0 bridgehead atoms. The van der Waals surface area contributed by atoms with Gasteiger partial charge in [0.1, 0.15) is 12.4 Å². The Bertz CT molecular complexity index is 501. The van der Waals surface area contributed by atoms with Crippen LogP contribution >= 0.6 is 0 Å². The van der Waals surface area contributed by atoms with Gasteiger partial charge in [-0.3, -0.25) is 0 Å². The molecule has 0 aliphatic heterocycles. The second kappa shape index (κ2) is 5.89. The standard InChI is InChI=1S/C15H20N2O2/c1-15(2,3)16-10-12-6-4-8-14(17-12)19-11-13-7-5-9-18-13/h4-9,16H,10-11H2,1-3H3. The summed E-state index contributed by atoms with van der Waals surface area (Å²) in [5.41, 5.74) is 1.04. The zero-order valence-corrected chi connectivity index (χ0v) is 11.6. The third-order valence-corrected chi connectivity index (χ3v) is 2.52. The summed E-state index contributed by atoms with van der Waals surface area (Å²) in [5.74, 6) is 1.41. The smallest absolute Gasteiger partial charge is 0.213 e. The van der Waals surface area contributed by atoms with Crippen molar-refractivity contribution in [3.63, 3.8) is 0 Å². The first-order chi connectivity index (χ1) is 9.03. The van der Waals surface area contributed by atoms with E-state index in [-0.39, 0.29) is 5.54 Å². The van der Waals surface area contributed by atoms with Crippen LogP contribution in [0.15, 0.2) is 41.0 Å². The lowest BCUT2D eigenvalue weighted by molar-refractivity contribution is 0.259. The van der Waals surface area contributed by atoms with Gasteiger partial charge in [-0.1, -0.05) is 6.07 Å². The molecule has 19 heavy (non-hydrogen) atoms. The third kappa shape index (κ3) is 4.75. The highest BCUT2D eigenvalue weighted by molar-refractivity contribution is 5.16. The summed E-state index contributed by atoms with van der Waals surface area (Å²) in [5, 5.41) is 3.40. The number of hydrogen-bond donors (Lipinski definition) is 1. The van der Waals surface area contributed by atoms with E-state index >= 15 is 0 Å². The minimum atomic E-state index is 0.0761. The Morgan fingerprint density at radius 2 is 2.05 bits per heavy atom. The van der Waals surface area contributed by atoms with E-state index in [2.05, 4.69) is 31.1 Å². The van der Waals surface area contributed by atoms with Crippen LogP contribution in [0.2, 0.25) is 0 Å². The Balaban J connectivity index is 1.91. The van der Waals surface area contributed by atoms with Crippen LogP contribution in [0, 0.1) is 0 Å². The first kappa shape index (κ1) is 13.6. The van der Waals surface area contributed by atoms with E-state index in [0.717, 1.165) is 18.0 Å². The van der Waals surface area contributed by atoms with E-state index in [9.17, 15) is 0 Å². The molecule has 0 spiro atoms. The van der Waals surface area contributed by atoms with Gasteiger partial charge in [-0.15, -0.1) is 0 Å². The highest BCUT2D eigenvalue weighted by Gasteiger charge is 2.09. The quantitative estimate of drug-likeness (QED) is 0.897. The molecule has 4 nitrogen and oxygen atoms in total. The minimum Gasteiger partial charge on any atom is -0.469 e. The number of rotatable bonds is 5. The molecule has 2 rings (SSSR count). The number of pyridine rings is 1. The first-order valence-electron chi connectivity index (χ1n) is 6.39. The van der Waals surface area contributed by atoms with Gasteiger partial charge in [-0.2, -0.15) is 0 Å². The summed E-state index contributed by atoms with van der Waals surface area (Å²) >= 11 is 0. The summed E-state index contributed by atoms with van der Waals surface area (Å²) in [6.07, 6.45) is 1.63. The zero-order valence-electron chi connectivity index (χ0n) is 11.6. The van der Waals surface area contributed by atoms with Crippen molar-refractivity contribution in [2.45, 2.75) is 39.5 Å². The molecule has 0 radical (unpaired) electrons. The van der Waals surface area contributed by atoms with Crippen molar-refractivity contribution in [3.05, 3.63) is 48.0 Å². The fourth-order valence-corrected chi connectivity index (χ4v) is 1.53. The average Bonchev–Trinajstić information content (AvgIpc) is 2.87. The van der Waals surface area contributed by atoms with Crippen molar-refractivity contribution in [3.8, 4) is 5.88 Å². The number of hydrogen-bond acceptors (Lipinski definition) is 4. The van der Waals surface area contributed by atoms with Crippen LogP contribution in [-0.4, -0.2) is 10.5 Å². The number of nitrogens with one attached hydrogen (secondary N) is 1. The molecule has 0 aliphatic carbocycles. The van der Waals surface area contributed by atoms with Crippen LogP contribution in [0.4, 0.5) is 0 Å². The second-order valence-corrected chi connectivity index (χ2v) is 5.44. The molecule has 0 unspecified atom stereocenters. The molecule has 0 aliphatic rings. The number of furan rings is 1. The second-order valence-electron chi connectivity index (χ2n) is 5.44. The Morgan fingerprint density at radius 1 is 1.21 bits per heavy atom. The van der Waals surface area contributed by atoms with Gasteiger partial charge in [0.15, 0.2) is 0 Å². The minimum absolute atomic E-state index is 0.0761. The van der Waals surface area contributed by atoms with Crippen LogP contribution < -0.4 is 10.1 Å². The van der Waals surface area contributed by atoms with Crippen molar-refractivity contribution in [2.75, 3.05) is 0 Å². The molecule has 0 saturated heterocycles. The van der Waals surface area contributed by atoms with Gasteiger partial charge in [0.2, 0.25) is 5.88 Å². The first-order valence-corrected chi connectivity index (χ1v) is 6.39. The van der Waals surface area contributed by atoms with Crippen LogP contribution in [0.25, 0.3) is 0 Å². The van der Waals surface area contributed by atoms with Gasteiger partial charge in [-0.25, -0.2) is 4.98 Å². The fraction of sp³-hybridized carbons (Fsp3) is 0.400. The van der Waals surface area contributed by atoms with Crippen LogP contribution in [-0.2, 0) is 13.2 Å². The predicted molar refractivity (Wildman–Crippen MR) is 73.9 cm³/mol. The van der Waals surface area contributed by atoms with Gasteiger partial charge >= 0.3 is 0 Å². The number of nitrogens with zero attached hydrogens (tertiary/aromatic N) is 1. The van der Waals surface area contributed by atoms with Gasteiger partial charge in [0.25, 0.3) is 0 Å². The van der Waals surface area contributed by atoms with E-state index in [1.807, 2.05) is 30.3 Å². The van der Waals surface area contributed by atoms with E-state index < -0.39 is 0 Å². The van der Waals surface area contributed by atoms with Crippen LogP contribution in [0.5, 0.6) is 5.88 Å². The van der Waals surface area contributed by atoms with Crippen molar-refractivity contribution < 1.29 is 9.15 Å². The number of aromatic nitrogens is 1. The maximum absolute atomic E-state index is 5.59. The van der Waals surface area contributed by atoms with Crippen molar-refractivity contribution in [2.24, 2.45) is 0 Å². The molecule has 0 atom stereocenters. The van der Waals surface area contributed by atoms with Gasteiger partial charge in [0.05, 0.1) is 12.0 Å². The zero-order chi connectivity index (χ0) is 13.7. The highest BCUT2D eigenvalue weighted by atomic mass is 16.5. The van der Waals surface area contributed by atoms with E-state index in [0.29, 0.717) is 12.5 Å². The van der Waals surface area contributed by atoms with Gasteiger partial charge < -0.3 is 14.5 Å². The van der Waals surface area contributed by atoms with Crippen molar-refractivity contribution in [1.29, 1.82) is 0 Å². The molecule has 0 aromatic carbocycles. The molecule has 2 aromatic rings. The molecule has 0 amide bonds. The van der Waals surface area contributed by atoms with Crippen LogP contribution in [0.1, 0.15) is 32.2 Å². The topological polar surface area (TPSA) is 47.3 Å². The monoisotopic (exact) mass is 260 g/mol. The Morgan fingerprint density at radius 3 is 2.74 bits per heavy atom.